The number of halogens is 3. The van der Waals surface area contributed by atoms with Gasteiger partial charge in [-0.25, -0.2) is 5.06 Å². The van der Waals surface area contributed by atoms with Crippen LogP contribution in [0.4, 0.5) is 0 Å². The summed E-state index contributed by atoms with van der Waals surface area (Å²) in [7, 11) is 1.63. The number of guanidine groups is 1. The largest absolute Gasteiger partial charge is 0.286 e. The molecule has 1 aromatic rings. The zero-order valence-corrected chi connectivity index (χ0v) is 15.2. The second kappa shape index (κ2) is 6.23. The molecule has 7 heteroatoms. The van der Waals surface area contributed by atoms with Gasteiger partial charge < -0.3 is 0 Å². The minimum atomic E-state index is -0.338. The van der Waals surface area contributed by atoms with Crippen molar-refractivity contribution in [2.45, 2.75) is 4.05 Å². The van der Waals surface area contributed by atoms with Crippen molar-refractivity contribution < 1.29 is 5.21 Å². The number of aliphatic imine (C=N–C) groups is 1. The third kappa shape index (κ3) is 2.56. The lowest BCUT2D eigenvalue weighted by Gasteiger charge is -2.40. The number of hydrogen-bond donors (Lipinski definition) is 1. The van der Waals surface area contributed by atoms with Gasteiger partial charge in [-0.05, 0) is 18.2 Å². The fraction of sp³-hybridized carbons (Fsp3) is 0.133. The number of nitrogens with zero attached hydrogens (tertiary/aromatic N) is 3. The number of hydrogen-bond acceptors (Lipinski definition) is 2. The number of rotatable bonds is 1. The van der Waals surface area contributed by atoms with Crippen LogP contribution in [0.15, 0.2) is 58.3 Å². The Morgan fingerprint density at radius 3 is 2.68 bits per heavy atom. The van der Waals surface area contributed by atoms with Crippen LogP contribution < -0.4 is 0 Å². The first kappa shape index (κ1) is 15.9. The Hall–Kier alpha value is -1.02. The van der Waals surface area contributed by atoms with Crippen LogP contribution in [0.2, 0.25) is 5.02 Å². The van der Waals surface area contributed by atoms with E-state index in [0.29, 0.717) is 16.0 Å². The van der Waals surface area contributed by atoms with Gasteiger partial charge in [-0.2, -0.15) is 0 Å². The normalized spacial score (nSPS) is 23.0. The summed E-state index contributed by atoms with van der Waals surface area (Å²) in [6.07, 6.45) is 5.38. The van der Waals surface area contributed by atoms with Crippen LogP contribution >= 0.6 is 45.8 Å². The summed E-state index contributed by atoms with van der Waals surface area (Å²) in [6, 6.07) is 7.54. The van der Waals surface area contributed by atoms with E-state index >= 15 is 0 Å². The maximum Gasteiger partial charge on any atom is 0.230 e. The highest BCUT2D eigenvalue weighted by Gasteiger charge is 2.36. The molecule has 2 heterocycles. The number of hydroxylamine groups is 2. The fourth-order valence-electron chi connectivity index (χ4n) is 2.47. The predicted molar refractivity (Wildman–Crippen MR) is 98.1 cm³/mol. The van der Waals surface area contributed by atoms with E-state index in [1.165, 1.54) is 0 Å². The van der Waals surface area contributed by atoms with Gasteiger partial charge in [0.15, 0.2) is 0 Å². The number of allylic oxidation sites excluding steroid dienone is 3. The zero-order chi connectivity index (χ0) is 15.9. The molecular weight excluding hydrogens is 436 g/mol. The molecule has 4 nitrogen and oxygen atoms in total. The minimum absolute atomic E-state index is 0.338. The van der Waals surface area contributed by atoms with Gasteiger partial charge in [0.25, 0.3) is 0 Å². The zero-order valence-electron chi connectivity index (χ0n) is 11.5. The summed E-state index contributed by atoms with van der Waals surface area (Å²) in [5.74, 6) is 0.432. The third-order valence-electron chi connectivity index (χ3n) is 3.43. The number of fused-ring (bicyclic) bond motifs is 1. The van der Waals surface area contributed by atoms with Gasteiger partial charge in [0.2, 0.25) is 5.96 Å². The Morgan fingerprint density at radius 2 is 2.00 bits per heavy atom. The molecule has 1 atom stereocenters. The van der Waals surface area contributed by atoms with Crippen molar-refractivity contribution in [2.75, 3.05) is 7.05 Å². The van der Waals surface area contributed by atoms with Crippen LogP contribution in [0.1, 0.15) is 5.56 Å². The molecule has 2 aliphatic rings. The van der Waals surface area contributed by atoms with Gasteiger partial charge in [0.05, 0.1) is 5.70 Å². The van der Waals surface area contributed by atoms with Crippen molar-refractivity contribution in [3.8, 4) is 0 Å². The number of alkyl halides is 1. The highest BCUT2D eigenvalue weighted by molar-refractivity contribution is 14.1. The van der Waals surface area contributed by atoms with E-state index in [2.05, 4.69) is 27.6 Å². The maximum absolute atomic E-state index is 10.5. The topological polar surface area (TPSA) is 39.1 Å². The molecule has 1 unspecified atom stereocenters. The van der Waals surface area contributed by atoms with Crippen LogP contribution in [0.3, 0.4) is 0 Å². The van der Waals surface area contributed by atoms with Crippen molar-refractivity contribution in [3.05, 3.63) is 63.9 Å². The number of benzene rings is 1. The Balaban J connectivity index is 2.29. The van der Waals surface area contributed by atoms with E-state index in [0.717, 1.165) is 21.9 Å². The highest BCUT2D eigenvalue weighted by Crippen LogP contribution is 2.41. The van der Waals surface area contributed by atoms with Crippen molar-refractivity contribution in [3.63, 3.8) is 0 Å². The Labute approximate surface area is 152 Å². The molecule has 0 fully saturated rings. The Kier molecular flexibility index (Phi) is 4.49. The molecular formula is C15H12Cl2IN3O. The molecule has 0 saturated carbocycles. The smallest absolute Gasteiger partial charge is 0.230 e. The quantitative estimate of drug-likeness (QED) is 0.392. The van der Waals surface area contributed by atoms with Crippen LogP contribution in [0, 0.1) is 0 Å². The molecule has 114 valence electrons. The molecule has 1 N–H and O–H groups in total. The first-order valence-corrected chi connectivity index (χ1v) is 8.47. The molecule has 0 spiro atoms. The molecule has 3 rings (SSSR count). The van der Waals surface area contributed by atoms with Crippen molar-refractivity contribution >= 4 is 57.3 Å². The second-order valence-electron chi connectivity index (χ2n) is 4.70. The van der Waals surface area contributed by atoms with Crippen LogP contribution in [0.5, 0.6) is 0 Å². The maximum atomic E-state index is 10.5. The summed E-state index contributed by atoms with van der Waals surface area (Å²) >= 11 is 14.7. The lowest BCUT2D eigenvalue weighted by Crippen LogP contribution is -2.48. The lowest BCUT2D eigenvalue weighted by atomic mass is 9.99. The molecule has 0 amide bonds. The van der Waals surface area contributed by atoms with Gasteiger partial charge in [-0.15, -0.1) is 0 Å². The first-order valence-electron chi connectivity index (χ1n) is 6.47. The van der Waals surface area contributed by atoms with Crippen LogP contribution in [0.25, 0.3) is 5.57 Å². The fourth-order valence-corrected chi connectivity index (χ4v) is 3.77. The molecule has 22 heavy (non-hydrogen) atoms. The summed E-state index contributed by atoms with van der Waals surface area (Å²) in [4.78, 5) is 5.95. The van der Waals surface area contributed by atoms with E-state index < -0.39 is 0 Å². The first-order chi connectivity index (χ1) is 10.5. The van der Waals surface area contributed by atoms with Crippen molar-refractivity contribution in [2.24, 2.45) is 4.99 Å². The average Bonchev–Trinajstić information content (AvgIpc) is 2.50. The van der Waals surface area contributed by atoms with Crippen LogP contribution in [-0.2, 0) is 0 Å². The summed E-state index contributed by atoms with van der Waals surface area (Å²) < 4.78 is -0.338. The van der Waals surface area contributed by atoms with Gasteiger partial charge in [0.1, 0.15) is 4.05 Å². The van der Waals surface area contributed by atoms with E-state index in [4.69, 9.17) is 23.2 Å². The standard InChI is InChI=1S/C15H12Cl2IN3O/c1-19-15-20-7-6-9(16)8-12(20)13(14(18)21(15)22)10-4-2-3-5-11(10)17/h2-8,14,22H,1H3. The Bertz CT molecular complexity index is 742. The molecule has 0 radical (unpaired) electrons. The van der Waals surface area contributed by atoms with Crippen molar-refractivity contribution in [1.29, 1.82) is 0 Å². The summed E-state index contributed by atoms with van der Waals surface area (Å²) in [5.41, 5.74) is 2.59. The Morgan fingerprint density at radius 1 is 1.27 bits per heavy atom. The third-order valence-corrected chi connectivity index (χ3v) is 5.15. The average molecular weight is 448 g/mol. The molecule has 0 aromatic heterocycles. The minimum Gasteiger partial charge on any atom is -0.286 e. The van der Waals surface area contributed by atoms with Crippen LogP contribution in [-0.4, -0.2) is 32.2 Å². The predicted octanol–water partition coefficient (Wildman–Crippen LogP) is 4.45. The summed E-state index contributed by atoms with van der Waals surface area (Å²) in [5, 5.41) is 12.8. The van der Waals surface area contributed by atoms with E-state index in [9.17, 15) is 5.21 Å². The lowest BCUT2D eigenvalue weighted by molar-refractivity contribution is -0.0196. The monoisotopic (exact) mass is 447 g/mol. The van der Waals surface area contributed by atoms with Gasteiger partial charge in [-0.1, -0.05) is 64.0 Å². The SMILES string of the molecule is CN=C1N2C=CC(Cl)=CC2=C(c2ccccc2Cl)C(I)N1O. The van der Waals surface area contributed by atoms with Crippen molar-refractivity contribution in [1.82, 2.24) is 9.96 Å². The van der Waals surface area contributed by atoms with Gasteiger partial charge in [0, 0.05) is 34.4 Å². The van der Waals surface area contributed by atoms with Gasteiger partial charge >= 0.3 is 0 Å². The summed E-state index contributed by atoms with van der Waals surface area (Å²) in [6.45, 7) is 0. The second-order valence-corrected chi connectivity index (χ2v) is 6.72. The molecule has 2 aliphatic heterocycles. The van der Waals surface area contributed by atoms with E-state index in [1.54, 1.807) is 24.2 Å². The van der Waals surface area contributed by atoms with E-state index in [1.807, 2.05) is 30.3 Å². The molecule has 1 aromatic carbocycles. The van der Waals surface area contributed by atoms with E-state index in [-0.39, 0.29) is 4.05 Å². The molecule has 0 saturated heterocycles. The molecule has 0 bridgehead atoms. The highest BCUT2D eigenvalue weighted by atomic mass is 127. The molecule has 0 aliphatic carbocycles. The van der Waals surface area contributed by atoms with Gasteiger partial charge in [-0.3, -0.25) is 15.1 Å².